The van der Waals surface area contributed by atoms with Crippen LogP contribution in [0.3, 0.4) is 0 Å². The van der Waals surface area contributed by atoms with E-state index < -0.39 is 0 Å². The second kappa shape index (κ2) is 12.8. The highest BCUT2D eigenvalue weighted by Gasteiger charge is 2.22. The highest BCUT2D eigenvalue weighted by atomic mass is 16.5. The Hall–Kier alpha value is -5.19. The number of fused-ring (bicyclic) bond motifs is 3. The number of aliphatic imine (C=N–C) groups is 1. The topological polar surface area (TPSA) is 151 Å². The van der Waals surface area contributed by atoms with Gasteiger partial charge >= 0.3 is 0 Å². The Morgan fingerprint density at radius 3 is 2.39 bits per heavy atom. The number of phenolic OH excluding ortho intramolecular Hbond substituents is 2. The van der Waals surface area contributed by atoms with Gasteiger partial charge in [-0.1, -0.05) is 35.9 Å². The number of hydrogen-bond acceptors (Lipinski definition) is 8. The summed E-state index contributed by atoms with van der Waals surface area (Å²) in [5.74, 6) is 1.47. The molecular weight excluding hydrogens is 524 g/mol. The summed E-state index contributed by atoms with van der Waals surface area (Å²) >= 11 is 0. The van der Waals surface area contributed by atoms with E-state index >= 15 is 0 Å². The lowest BCUT2D eigenvalue weighted by molar-refractivity contribution is -0.125. The van der Waals surface area contributed by atoms with Crippen molar-refractivity contribution in [2.75, 3.05) is 13.7 Å². The molecule has 41 heavy (non-hydrogen) atoms. The fourth-order valence-electron chi connectivity index (χ4n) is 4.19. The number of nitrogens with zero attached hydrogens (tertiary/aromatic N) is 4. The van der Waals surface area contributed by atoms with Gasteiger partial charge in [0.15, 0.2) is 17.3 Å². The third-order valence-electron chi connectivity index (χ3n) is 6.32. The van der Waals surface area contributed by atoms with Crippen molar-refractivity contribution in [3.8, 4) is 22.9 Å². The highest BCUT2D eigenvalue weighted by molar-refractivity contribution is 6.15. The molecule has 4 aromatic rings. The first-order valence-corrected chi connectivity index (χ1v) is 12.9. The van der Waals surface area contributed by atoms with Crippen LogP contribution in [0.15, 0.2) is 65.7 Å². The van der Waals surface area contributed by atoms with Gasteiger partial charge in [-0.25, -0.2) is 0 Å². The molecule has 0 aliphatic carbocycles. The van der Waals surface area contributed by atoms with Gasteiger partial charge in [0.2, 0.25) is 11.8 Å². The summed E-state index contributed by atoms with van der Waals surface area (Å²) in [7, 11) is 1.68. The van der Waals surface area contributed by atoms with E-state index in [0.29, 0.717) is 12.1 Å². The van der Waals surface area contributed by atoms with Crippen molar-refractivity contribution in [1.29, 1.82) is 0 Å². The number of rotatable bonds is 6. The van der Waals surface area contributed by atoms with E-state index in [1.165, 1.54) is 24.6 Å². The number of aryl methyl sites for hydroxylation is 2. The predicted octanol–water partition coefficient (Wildman–Crippen LogP) is 3.09. The number of phenols is 2. The molecule has 0 atom stereocenters. The molecule has 0 bridgehead atoms. The molecule has 1 aliphatic heterocycles. The van der Waals surface area contributed by atoms with E-state index in [1.54, 1.807) is 13.2 Å². The quantitative estimate of drug-likeness (QED) is 0.267. The van der Waals surface area contributed by atoms with Crippen LogP contribution in [0.5, 0.6) is 17.2 Å². The van der Waals surface area contributed by atoms with Crippen molar-refractivity contribution < 1.29 is 24.5 Å². The number of nitrogens with one attached hydrogen (secondary N) is 2. The average Bonchev–Trinajstić information content (AvgIpc) is 3.24. The third-order valence-corrected chi connectivity index (χ3v) is 6.32. The molecule has 11 nitrogen and oxygen atoms in total. The number of hydrogen-bond donors (Lipinski definition) is 4. The van der Waals surface area contributed by atoms with E-state index in [9.17, 15) is 14.7 Å². The molecule has 0 unspecified atom stereocenters. The van der Waals surface area contributed by atoms with E-state index in [0.717, 1.165) is 39.9 Å². The molecule has 212 valence electrons. The Morgan fingerprint density at radius 2 is 1.71 bits per heavy atom. The van der Waals surface area contributed by atoms with Crippen molar-refractivity contribution in [1.82, 2.24) is 25.4 Å². The Morgan fingerprint density at radius 1 is 0.951 bits per heavy atom. The Labute approximate surface area is 237 Å². The zero-order valence-corrected chi connectivity index (χ0v) is 23.3. The number of amides is 2. The van der Waals surface area contributed by atoms with Gasteiger partial charge in [-0.2, -0.15) is 0 Å². The van der Waals surface area contributed by atoms with Gasteiger partial charge in [0.05, 0.1) is 25.1 Å². The van der Waals surface area contributed by atoms with Crippen molar-refractivity contribution >= 4 is 17.5 Å². The molecule has 11 heteroatoms. The second-order valence-corrected chi connectivity index (χ2v) is 9.42. The van der Waals surface area contributed by atoms with Gasteiger partial charge in [0, 0.05) is 24.6 Å². The number of ether oxygens (including phenoxy) is 1. The lowest BCUT2D eigenvalue weighted by atomic mass is 9.99. The number of benzene rings is 3. The van der Waals surface area contributed by atoms with Crippen LogP contribution in [0.4, 0.5) is 0 Å². The molecule has 1 aliphatic rings. The molecule has 0 saturated heterocycles. The van der Waals surface area contributed by atoms with Crippen LogP contribution in [0, 0.1) is 13.8 Å². The largest absolute Gasteiger partial charge is 0.504 e. The fourth-order valence-corrected chi connectivity index (χ4v) is 4.19. The summed E-state index contributed by atoms with van der Waals surface area (Å²) in [6.45, 7) is 6.00. The normalized spacial score (nSPS) is 11.6. The minimum atomic E-state index is -0.326. The molecular formula is C30H32N6O5. The number of methoxy groups -OCH3 is 1. The van der Waals surface area contributed by atoms with Gasteiger partial charge < -0.3 is 25.6 Å². The summed E-state index contributed by atoms with van der Waals surface area (Å²) in [6, 6.07) is 18.7. The Bertz CT molecular complexity index is 1590. The first-order chi connectivity index (χ1) is 19.7. The monoisotopic (exact) mass is 556 g/mol. The molecule has 0 spiro atoms. The second-order valence-electron chi connectivity index (χ2n) is 9.42. The summed E-state index contributed by atoms with van der Waals surface area (Å²) < 4.78 is 7.50. The smallest absolute Gasteiger partial charge is 0.239 e. The first-order valence-electron chi connectivity index (χ1n) is 12.9. The van der Waals surface area contributed by atoms with Gasteiger partial charge in [0.25, 0.3) is 0 Å². The third kappa shape index (κ3) is 7.07. The van der Waals surface area contributed by atoms with Gasteiger partial charge in [0.1, 0.15) is 18.1 Å². The van der Waals surface area contributed by atoms with Crippen LogP contribution in [0.25, 0.3) is 5.69 Å². The Kier molecular flexibility index (Phi) is 8.98. The van der Waals surface area contributed by atoms with E-state index in [2.05, 4.69) is 56.6 Å². The van der Waals surface area contributed by atoms with E-state index in [-0.39, 0.29) is 36.4 Å². The fraction of sp³-hybridized carbons (Fsp3) is 0.233. The summed E-state index contributed by atoms with van der Waals surface area (Å²) in [5.41, 5.74) is 5.98. The molecule has 5 rings (SSSR count). The maximum atomic E-state index is 11.2. The minimum Gasteiger partial charge on any atom is -0.504 e. The van der Waals surface area contributed by atoms with Crippen LogP contribution < -0.4 is 15.4 Å². The van der Waals surface area contributed by atoms with Crippen LogP contribution in [-0.4, -0.2) is 56.2 Å². The molecule has 4 N–H and O–H groups in total. The highest BCUT2D eigenvalue weighted by Crippen LogP contribution is 2.29. The van der Waals surface area contributed by atoms with Crippen LogP contribution in [0.2, 0.25) is 0 Å². The van der Waals surface area contributed by atoms with Gasteiger partial charge in [-0.15, -0.1) is 10.2 Å². The van der Waals surface area contributed by atoms with Crippen molar-refractivity contribution in [2.24, 2.45) is 4.99 Å². The zero-order chi connectivity index (χ0) is 29.5. The number of carbonyl (C=O) groups is 2. The summed E-state index contributed by atoms with van der Waals surface area (Å²) in [4.78, 5) is 26.6. The van der Waals surface area contributed by atoms with E-state index in [1.807, 2.05) is 25.1 Å². The van der Waals surface area contributed by atoms with Gasteiger partial charge in [-0.3, -0.25) is 19.1 Å². The van der Waals surface area contributed by atoms with E-state index in [4.69, 9.17) is 14.8 Å². The molecule has 0 radical (unpaired) electrons. The molecule has 0 saturated carbocycles. The first kappa shape index (κ1) is 28.8. The van der Waals surface area contributed by atoms with Crippen molar-refractivity contribution in [2.45, 2.75) is 33.9 Å². The molecule has 1 aromatic heterocycles. The lowest BCUT2D eigenvalue weighted by Gasteiger charge is -2.14. The minimum absolute atomic E-state index is 0.0839. The maximum absolute atomic E-state index is 11.2. The van der Waals surface area contributed by atoms with Crippen molar-refractivity contribution in [3.63, 3.8) is 0 Å². The number of carbonyl (C=O) groups excluding carboxylic acids is 2. The number of aromatic nitrogens is 3. The van der Waals surface area contributed by atoms with Crippen molar-refractivity contribution in [3.05, 3.63) is 94.6 Å². The van der Waals surface area contributed by atoms with Gasteiger partial charge in [-0.05, 0) is 49.7 Å². The molecule has 2 amide bonds. The average molecular weight is 557 g/mol. The van der Waals surface area contributed by atoms with Crippen LogP contribution in [0.1, 0.15) is 40.8 Å². The molecule has 0 fully saturated rings. The summed E-state index contributed by atoms with van der Waals surface area (Å²) in [6.07, 6.45) is 0. The Balaban J connectivity index is 0.000000202. The maximum Gasteiger partial charge on any atom is 0.239 e. The predicted molar refractivity (Wildman–Crippen MR) is 153 cm³/mol. The number of aromatic hydroxyl groups is 2. The lowest BCUT2D eigenvalue weighted by Crippen LogP contribution is -2.35. The molecule has 3 aromatic carbocycles. The zero-order valence-electron chi connectivity index (χ0n) is 23.3. The molecule has 2 heterocycles. The van der Waals surface area contributed by atoms with Crippen LogP contribution >= 0.6 is 0 Å². The SMILES string of the molecule is CC(=O)NCC(=O)NCc1ccc(O)c(O)c1.COc1ccc2c(c1)C(c1ccc(C)cc1)=NCc1nnc(C)n1-2. The van der Waals surface area contributed by atoms with Crippen LogP contribution in [-0.2, 0) is 22.7 Å². The standard InChI is InChI=1S/C19H18N4O.C11H14N2O4/c1-12-4-6-14(7-5-12)19-16-10-15(24-3)8-9-17(16)23-13(2)21-22-18(23)11-20-19;1-7(14)12-6-11(17)13-5-8-2-3-9(15)10(16)4-8/h4-10H,11H2,1-3H3;2-4,15-16H,5-6H2,1H3,(H,12,14)(H,13,17). The summed E-state index contributed by atoms with van der Waals surface area (Å²) in [5, 5.41) is 31.7.